The Hall–Kier alpha value is -4.43. The van der Waals surface area contributed by atoms with Crippen LogP contribution in [-0.4, -0.2) is 5.78 Å². The van der Waals surface area contributed by atoms with Crippen LogP contribution in [-0.2, 0) is 18.3 Å². The first-order valence-corrected chi connectivity index (χ1v) is 13.3. The van der Waals surface area contributed by atoms with Gasteiger partial charge in [-0.15, -0.1) is 0 Å². The smallest absolute Gasteiger partial charge is 0.193 e. The zero-order valence-electron chi connectivity index (χ0n) is 21.7. The highest BCUT2D eigenvalue weighted by atomic mass is 16.1. The van der Waals surface area contributed by atoms with Crippen molar-refractivity contribution >= 4 is 22.8 Å². The summed E-state index contributed by atoms with van der Waals surface area (Å²) in [5, 5.41) is 0. The maximum absolute atomic E-state index is 14.2. The second-order valence-corrected chi connectivity index (χ2v) is 11.0. The van der Waals surface area contributed by atoms with E-state index in [4.69, 9.17) is 0 Å². The van der Waals surface area contributed by atoms with E-state index in [1.807, 2.05) is 12.1 Å². The van der Waals surface area contributed by atoms with Gasteiger partial charge in [-0.25, -0.2) is 0 Å². The minimum Gasteiger partial charge on any atom is -0.310 e. The lowest BCUT2D eigenvalue weighted by Crippen LogP contribution is -2.31. The molecule has 7 rings (SSSR count). The second kappa shape index (κ2) is 8.56. The predicted octanol–water partition coefficient (Wildman–Crippen LogP) is 8.52. The van der Waals surface area contributed by atoms with E-state index < -0.39 is 0 Å². The molecular formula is C36H29NO. The number of hydrogen-bond acceptors (Lipinski definition) is 2. The molecule has 2 aliphatic rings. The van der Waals surface area contributed by atoms with Gasteiger partial charge in [0.15, 0.2) is 5.78 Å². The zero-order chi connectivity index (χ0) is 25.9. The summed E-state index contributed by atoms with van der Waals surface area (Å²) in [5.74, 6) is 0.124. The molecule has 0 N–H and O–H groups in total. The fraction of sp³-hybridized carbons (Fsp3) is 0.139. The average Bonchev–Trinajstić information content (AvgIpc) is 2.95. The SMILES string of the molecule is CC1(C)c2ccc(N(c3ccccc3)c3ccccc3)cc2C(=O)c2cc3c(cc21)Cc1ccccc1C3. The van der Waals surface area contributed by atoms with Crippen LogP contribution in [0.1, 0.15) is 63.1 Å². The van der Waals surface area contributed by atoms with Crippen molar-refractivity contribution in [3.05, 3.63) is 160 Å². The van der Waals surface area contributed by atoms with Gasteiger partial charge >= 0.3 is 0 Å². The van der Waals surface area contributed by atoms with Gasteiger partial charge in [-0.1, -0.05) is 86.6 Å². The van der Waals surface area contributed by atoms with Gasteiger partial charge in [0.1, 0.15) is 0 Å². The molecule has 0 fully saturated rings. The fourth-order valence-corrected chi connectivity index (χ4v) is 6.33. The van der Waals surface area contributed by atoms with Crippen LogP contribution in [0.25, 0.3) is 0 Å². The molecule has 2 heteroatoms. The molecule has 0 aromatic heterocycles. The summed E-state index contributed by atoms with van der Waals surface area (Å²) in [5.41, 5.74) is 12.1. The van der Waals surface area contributed by atoms with E-state index in [-0.39, 0.29) is 11.2 Å². The molecule has 0 atom stereocenters. The van der Waals surface area contributed by atoms with Crippen molar-refractivity contribution in [1.82, 2.24) is 0 Å². The number of fused-ring (bicyclic) bond motifs is 4. The molecule has 0 radical (unpaired) electrons. The zero-order valence-corrected chi connectivity index (χ0v) is 21.7. The van der Waals surface area contributed by atoms with E-state index in [0.29, 0.717) is 0 Å². The minimum atomic E-state index is -0.270. The van der Waals surface area contributed by atoms with Crippen LogP contribution < -0.4 is 4.90 Å². The van der Waals surface area contributed by atoms with Gasteiger partial charge in [-0.2, -0.15) is 0 Å². The van der Waals surface area contributed by atoms with Gasteiger partial charge < -0.3 is 4.90 Å². The van der Waals surface area contributed by atoms with Crippen molar-refractivity contribution in [2.75, 3.05) is 4.90 Å². The molecule has 0 spiro atoms. The standard InChI is InChI=1S/C36H29NO/c1-36(2)33-18-17-30(37(28-13-5-3-6-14-28)29-15-7-4-8-16-29)23-32(33)35(38)31-21-26-19-24-11-9-10-12-25(24)20-27(26)22-34(31)36/h3-18,21-23H,19-20H2,1-2H3. The van der Waals surface area contributed by atoms with Crippen molar-refractivity contribution < 1.29 is 4.79 Å². The van der Waals surface area contributed by atoms with Gasteiger partial charge in [0, 0.05) is 33.6 Å². The number of carbonyl (C=O) groups excluding carboxylic acids is 1. The molecule has 38 heavy (non-hydrogen) atoms. The lowest BCUT2D eigenvalue weighted by Gasteiger charge is -2.37. The van der Waals surface area contributed by atoms with Crippen LogP contribution in [0.15, 0.2) is 115 Å². The van der Waals surface area contributed by atoms with Crippen molar-refractivity contribution in [2.45, 2.75) is 32.1 Å². The molecule has 0 heterocycles. The number of ketones is 1. The molecule has 184 valence electrons. The van der Waals surface area contributed by atoms with Crippen molar-refractivity contribution in [1.29, 1.82) is 0 Å². The Balaban J connectivity index is 1.36. The Morgan fingerprint density at radius 3 is 1.66 bits per heavy atom. The molecule has 0 unspecified atom stereocenters. The number of nitrogens with zero attached hydrogens (tertiary/aromatic N) is 1. The molecule has 0 saturated carbocycles. The molecule has 0 bridgehead atoms. The number of benzene rings is 5. The van der Waals surface area contributed by atoms with Crippen LogP contribution in [0.2, 0.25) is 0 Å². The van der Waals surface area contributed by atoms with Crippen molar-refractivity contribution in [3.63, 3.8) is 0 Å². The number of anilines is 3. The molecule has 5 aromatic rings. The van der Waals surface area contributed by atoms with Crippen LogP contribution in [0.5, 0.6) is 0 Å². The van der Waals surface area contributed by atoms with E-state index >= 15 is 0 Å². The topological polar surface area (TPSA) is 20.3 Å². The van der Waals surface area contributed by atoms with E-state index in [1.54, 1.807) is 0 Å². The lowest BCUT2D eigenvalue weighted by atomic mass is 9.67. The normalized spacial score (nSPS) is 14.6. The van der Waals surface area contributed by atoms with Gasteiger partial charge in [0.2, 0.25) is 0 Å². The van der Waals surface area contributed by atoms with Crippen molar-refractivity contribution in [3.8, 4) is 0 Å². The van der Waals surface area contributed by atoms with E-state index in [9.17, 15) is 4.79 Å². The molecule has 5 aromatic carbocycles. The van der Waals surface area contributed by atoms with Crippen LogP contribution in [0.4, 0.5) is 17.1 Å². The highest BCUT2D eigenvalue weighted by molar-refractivity contribution is 6.14. The second-order valence-electron chi connectivity index (χ2n) is 11.0. The van der Waals surface area contributed by atoms with Gasteiger partial charge in [-0.05, 0) is 88.7 Å². The average molecular weight is 492 g/mol. The first-order valence-electron chi connectivity index (χ1n) is 13.3. The van der Waals surface area contributed by atoms with Gasteiger partial charge in [0.05, 0.1) is 0 Å². The van der Waals surface area contributed by atoms with E-state index in [2.05, 4.69) is 122 Å². The number of hydrogen-bond donors (Lipinski definition) is 0. The van der Waals surface area contributed by atoms with Crippen molar-refractivity contribution in [2.24, 2.45) is 0 Å². The summed E-state index contributed by atoms with van der Waals surface area (Å²) in [4.78, 5) is 16.4. The van der Waals surface area contributed by atoms with Gasteiger partial charge in [0.25, 0.3) is 0 Å². The maximum atomic E-state index is 14.2. The Bertz CT molecular complexity index is 1660. The van der Waals surface area contributed by atoms with Crippen LogP contribution in [0, 0.1) is 0 Å². The Morgan fingerprint density at radius 2 is 1.05 bits per heavy atom. The Kier molecular flexibility index (Phi) is 5.13. The molecule has 2 nitrogen and oxygen atoms in total. The fourth-order valence-electron chi connectivity index (χ4n) is 6.33. The monoisotopic (exact) mass is 491 g/mol. The lowest BCUT2D eigenvalue weighted by molar-refractivity contribution is 0.103. The first-order chi connectivity index (χ1) is 18.5. The highest BCUT2D eigenvalue weighted by Gasteiger charge is 2.38. The third kappa shape index (κ3) is 3.52. The van der Waals surface area contributed by atoms with Gasteiger partial charge in [-0.3, -0.25) is 4.79 Å². The predicted molar refractivity (Wildman–Crippen MR) is 155 cm³/mol. The molecule has 2 aliphatic carbocycles. The summed E-state index contributed by atoms with van der Waals surface area (Å²) in [6, 6.07) is 40.3. The summed E-state index contributed by atoms with van der Waals surface area (Å²) >= 11 is 0. The molecule has 0 amide bonds. The summed E-state index contributed by atoms with van der Waals surface area (Å²) < 4.78 is 0. The third-order valence-corrected chi connectivity index (χ3v) is 8.35. The largest absolute Gasteiger partial charge is 0.310 e. The highest BCUT2D eigenvalue weighted by Crippen LogP contribution is 2.45. The molecule has 0 aliphatic heterocycles. The quantitative estimate of drug-likeness (QED) is 0.247. The third-order valence-electron chi connectivity index (χ3n) is 8.35. The maximum Gasteiger partial charge on any atom is 0.193 e. The summed E-state index contributed by atoms with van der Waals surface area (Å²) in [7, 11) is 0. The molecular weight excluding hydrogens is 462 g/mol. The first kappa shape index (κ1) is 22.7. The number of para-hydroxylation sites is 2. The molecule has 0 saturated heterocycles. The Morgan fingerprint density at radius 1 is 0.526 bits per heavy atom. The van der Waals surface area contributed by atoms with Crippen LogP contribution in [0.3, 0.4) is 0 Å². The van der Waals surface area contributed by atoms with Crippen LogP contribution >= 0.6 is 0 Å². The minimum absolute atomic E-state index is 0.124. The summed E-state index contributed by atoms with van der Waals surface area (Å²) in [6.07, 6.45) is 1.81. The number of carbonyl (C=O) groups is 1. The Labute approximate surface area is 224 Å². The number of rotatable bonds is 3. The summed E-state index contributed by atoms with van der Waals surface area (Å²) in [6.45, 7) is 4.51. The van der Waals surface area contributed by atoms with E-state index in [1.165, 1.54) is 22.3 Å². The van der Waals surface area contributed by atoms with E-state index in [0.717, 1.165) is 52.2 Å².